The molecule has 2 rings (SSSR count). The Morgan fingerprint density at radius 2 is 2.17 bits per heavy atom. The van der Waals surface area contributed by atoms with Crippen LogP contribution in [0.3, 0.4) is 0 Å². The standard InChI is InChI=1S/C10H11N3O3S2/c1-18(15,16)13-10-12-8(5-17-10)6-2-3-9(14)7(11)4-6/h2-5,14H,11H2,1H3,(H,12,13). The summed E-state index contributed by atoms with van der Waals surface area (Å²) in [5, 5.41) is 11.3. The lowest BCUT2D eigenvalue weighted by Gasteiger charge is -2.01. The highest BCUT2D eigenvalue weighted by Crippen LogP contribution is 2.29. The number of phenols is 1. The smallest absolute Gasteiger partial charge is 0.231 e. The van der Waals surface area contributed by atoms with E-state index in [1.54, 1.807) is 17.5 Å². The second-order valence-electron chi connectivity index (χ2n) is 3.69. The number of anilines is 2. The molecular weight excluding hydrogens is 274 g/mol. The molecule has 8 heteroatoms. The van der Waals surface area contributed by atoms with Crippen molar-refractivity contribution in [3.05, 3.63) is 23.6 Å². The van der Waals surface area contributed by atoms with Crippen molar-refractivity contribution in [2.24, 2.45) is 0 Å². The summed E-state index contributed by atoms with van der Waals surface area (Å²) in [7, 11) is -3.33. The SMILES string of the molecule is CS(=O)(=O)Nc1nc(-c2ccc(O)c(N)c2)cs1. The van der Waals surface area contributed by atoms with Gasteiger partial charge in [0.1, 0.15) is 5.75 Å². The van der Waals surface area contributed by atoms with Crippen LogP contribution in [0.2, 0.25) is 0 Å². The number of aromatic nitrogens is 1. The zero-order chi connectivity index (χ0) is 13.3. The molecule has 1 aromatic heterocycles. The molecule has 0 radical (unpaired) electrons. The molecule has 96 valence electrons. The van der Waals surface area contributed by atoms with E-state index < -0.39 is 10.0 Å². The van der Waals surface area contributed by atoms with E-state index in [-0.39, 0.29) is 11.4 Å². The fourth-order valence-corrected chi connectivity index (χ4v) is 2.90. The van der Waals surface area contributed by atoms with E-state index in [2.05, 4.69) is 9.71 Å². The number of thiazole rings is 1. The van der Waals surface area contributed by atoms with Crippen molar-refractivity contribution in [1.82, 2.24) is 4.98 Å². The first-order chi connectivity index (χ1) is 8.35. The van der Waals surface area contributed by atoms with Crippen LogP contribution in [0, 0.1) is 0 Å². The maximum atomic E-state index is 11.0. The van der Waals surface area contributed by atoms with E-state index in [1.165, 1.54) is 17.4 Å². The minimum absolute atomic E-state index is 0.00321. The molecule has 0 saturated heterocycles. The molecule has 0 amide bonds. The number of nitrogens with zero attached hydrogens (tertiary/aromatic N) is 1. The molecule has 0 saturated carbocycles. The quantitative estimate of drug-likeness (QED) is 0.585. The monoisotopic (exact) mass is 285 g/mol. The Bertz CT molecular complexity index is 679. The van der Waals surface area contributed by atoms with Crippen LogP contribution in [-0.2, 0) is 10.0 Å². The van der Waals surface area contributed by atoms with E-state index in [9.17, 15) is 13.5 Å². The van der Waals surface area contributed by atoms with Crippen LogP contribution in [0.5, 0.6) is 5.75 Å². The molecule has 18 heavy (non-hydrogen) atoms. The van der Waals surface area contributed by atoms with Gasteiger partial charge in [-0.2, -0.15) is 0 Å². The van der Waals surface area contributed by atoms with E-state index in [0.717, 1.165) is 6.26 Å². The number of rotatable bonds is 3. The number of aromatic hydroxyl groups is 1. The van der Waals surface area contributed by atoms with Crippen molar-refractivity contribution in [3.63, 3.8) is 0 Å². The summed E-state index contributed by atoms with van der Waals surface area (Å²) in [5.74, 6) is 0.00321. The van der Waals surface area contributed by atoms with E-state index in [4.69, 9.17) is 5.73 Å². The first kappa shape index (κ1) is 12.7. The molecule has 0 spiro atoms. The van der Waals surface area contributed by atoms with Gasteiger partial charge in [0.2, 0.25) is 10.0 Å². The van der Waals surface area contributed by atoms with Gasteiger partial charge in [-0.05, 0) is 18.2 Å². The van der Waals surface area contributed by atoms with Crippen molar-refractivity contribution in [1.29, 1.82) is 0 Å². The number of nitrogens with one attached hydrogen (secondary N) is 1. The Morgan fingerprint density at radius 3 is 2.78 bits per heavy atom. The average Bonchev–Trinajstić information content (AvgIpc) is 2.68. The zero-order valence-corrected chi connectivity index (χ0v) is 11.0. The van der Waals surface area contributed by atoms with Gasteiger partial charge in [0.15, 0.2) is 5.13 Å². The Hall–Kier alpha value is -1.80. The van der Waals surface area contributed by atoms with Crippen LogP contribution in [0.15, 0.2) is 23.6 Å². The minimum atomic E-state index is -3.33. The van der Waals surface area contributed by atoms with Crippen LogP contribution in [0.25, 0.3) is 11.3 Å². The Kier molecular flexibility index (Phi) is 3.14. The first-order valence-electron chi connectivity index (χ1n) is 4.87. The predicted octanol–water partition coefficient (Wildman–Crippen LogP) is 1.47. The highest BCUT2D eigenvalue weighted by atomic mass is 32.2. The highest BCUT2D eigenvalue weighted by molar-refractivity contribution is 7.92. The lowest BCUT2D eigenvalue weighted by Crippen LogP contribution is -2.09. The largest absolute Gasteiger partial charge is 0.506 e. The predicted molar refractivity (Wildman–Crippen MR) is 72.1 cm³/mol. The summed E-state index contributed by atoms with van der Waals surface area (Å²) >= 11 is 1.18. The molecule has 1 heterocycles. The first-order valence-corrected chi connectivity index (χ1v) is 7.64. The summed E-state index contributed by atoms with van der Waals surface area (Å²) in [5.41, 5.74) is 7.14. The molecule has 0 fully saturated rings. The van der Waals surface area contributed by atoms with Gasteiger partial charge in [0.05, 0.1) is 17.6 Å². The van der Waals surface area contributed by atoms with Crippen LogP contribution in [0.4, 0.5) is 10.8 Å². The second kappa shape index (κ2) is 4.46. The molecule has 0 unspecified atom stereocenters. The summed E-state index contributed by atoms with van der Waals surface area (Å²) in [6, 6.07) is 4.70. The van der Waals surface area contributed by atoms with E-state index in [0.29, 0.717) is 16.4 Å². The lowest BCUT2D eigenvalue weighted by molar-refractivity contribution is 0.478. The molecule has 1 aromatic carbocycles. The lowest BCUT2D eigenvalue weighted by atomic mass is 10.1. The van der Waals surface area contributed by atoms with Gasteiger partial charge in [0.25, 0.3) is 0 Å². The molecule has 2 aromatic rings. The third-order valence-electron chi connectivity index (χ3n) is 2.10. The molecule has 6 nitrogen and oxygen atoms in total. The molecule has 0 atom stereocenters. The van der Waals surface area contributed by atoms with Gasteiger partial charge < -0.3 is 10.8 Å². The fourth-order valence-electron chi connectivity index (χ4n) is 1.33. The number of hydrogen-bond acceptors (Lipinski definition) is 6. The maximum Gasteiger partial charge on any atom is 0.231 e. The minimum Gasteiger partial charge on any atom is -0.506 e. The number of benzene rings is 1. The molecule has 0 aliphatic rings. The Morgan fingerprint density at radius 1 is 1.44 bits per heavy atom. The van der Waals surface area contributed by atoms with Crippen LogP contribution < -0.4 is 10.5 Å². The summed E-state index contributed by atoms with van der Waals surface area (Å²) in [6.45, 7) is 0. The van der Waals surface area contributed by atoms with Gasteiger partial charge in [-0.15, -0.1) is 11.3 Å². The van der Waals surface area contributed by atoms with Crippen molar-refractivity contribution < 1.29 is 13.5 Å². The summed E-state index contributed by atoms with van der Waals surface area (Å²) in [4.78, 5) is 4.13. The third kappa shape index (κ3) is 2.90. The maximum absolute atomic E-state index is 11.0. The number of nitrogens with two attached hydrogens (primary N) is 1. The molecule has 0 aliphatic heterocycles. The normalized spacial score (nSPS) is 11.4. The fraction of sp³-hybridized carbons (Fsp3) is 0.100. The van der Waals surface area contributed by atoms with Gasteiger partial charge in [-0.1, -0.05) is 0 Å². The second-order valence-corrected chi connectivity index (χ2v) is 6.29. The van der Waals surface area contributed by atoms with E-state index >= 15 is 0 Å². The highest BCUT2D eigenvalue weighted by Gasteiger charge is 2.09. The van der Waals surface area contributed by atoms with Crippen molar-refractivity contribution >= 4 is 32.2 Å². The number of phenolic OH excluding ortho intramolecular Hbond substituents is 1. The Labute approximate surface area is 108 Å². The number of sulfonamides is 1. The van der Waals surface area contributed by atoms with Gasteiger partial charge >= 0.3 is 0 Å². The molecule has 0 aliphatic carbocycles. The third-order valence-corrected chi connectivity index (χ3v) is 3.55. The van der Waals surface area contributed by atoms with Gasteiger partial charge in [-0.3, -0.25) is 4.72 Å². The molecule has 0 bridgehead atoms. The van der Waals surface area contributed by atoms with Gasteiger partial charge in [-0.25, -0.2) is 13.4 Å². The van der Waals surface area contributed by atoms with Crippen LogP contribution in [0.1, 0.15) is 0 Å². The summed E-state index contributed by atoms with van der Waals surface area (Å²) in [6.07, 6.45) is 1.06. The summed E-state index contributed by atoms with van der Waals surface area (Å²) < 4.78 is 24.4. The van der Waals surface area contributed by atoms with Crippen molar-refractivity contribution in [3.8, 4) is 17.0 Å². The van der Waals surface area contributed by atoms with Crippen LogP contribution in [-0.4, -0.2) is 24.8 Å². The van der Waals surface area contributed by atoms with E-state index in [1.807, 2.05) is 0 Å². The van der Waals surface area contributed by atoms with Crippen molar-refractivity contribution in [2.75, 3.05) is 16.7 Å². The zero-order valence-electron chi connectivity index (χ0n) is 9.41. The topological polar surface area (TPSA) is 105 Å². The van der Waals surface area contributed by atoms with Crippen LogP contribution >= 0.6 is 11.3 Å². The van der Waals surface area contributed by atoms with Crippen molar-refractivity contribution in [2.45, 2.75) is 0 Å². The molecular formula is C10H11N3O3S2. The number of hydrogen-bond donors (Lipinski definition) is 3. The average molecular weight is 285 g/mol. The van der Waals surface area contributed by atoms with Gasteiger partial charge in [0, 0.05) is 10.9 Å². The Balaban J connectivity index is 2.32. The molecule has 4 N–H and O–H groups in total. The number of nitrogen functional groups attached to an aromatic ring is 1.